The number of para-hydroxylation sites is 1. The lowest BCUT2D eigenvalue weighted by molar-refractivity contribution is -0.136. The molecule has 6 nitrogen and oxygen atoms in total. The fourth-order valence-corrected chi connectivity index (χ4v) is 1.99. The number of nitrogens with two attached hydrogens (primary N) is 1. The lowest BCUT2D eigenvalue weighted by Crippen LogP contribution is -2.08. The highest BCUT2D eigenvalue weighted by Crippen LogP contribution is 2.21. The van der Waals surface area contributed by atoms with E-state index in [2.05, 4.69) is 5.10 Å². The molecular weight excluding hydrogens is 258 g/mol. The molecule has 1 aromatic heterocycles. The van der Waals surface area contributed by atoms with Crippen LogP contribution in [0, 0.1) is 0 Å². The van der Waals surface area contributed by atoms with E-state index < -0.39 is 5.97 Å². The van der Waals surface area contributed by atoms with E-state index in [1.54, 1.807) is 18.0 Å². The largest absolute Gasteiger partial charge is 0.496 e. The number of carbonyl (C=O) groups is 1. The van der Waals surface area contributed by atoms with Gasteiger partial charge in [0.2, 0.25) is 0 Å². The van der Waals surface area contributed by atoms with Crippen molar-refractivity contribution in [2.24, 2.45) is 0 Å². The highest BCUT2D eigenvalue weighted by Gasteiger charge is 2.11. The average molecular weight is 275 g/mol. The number of nitrogen functional groups attached to an aromatic ring is 1. The Bertz CT molecular complexity index is 607. The van der Waals surface area contributed by atoms with Crippen molar-refractivity contribution in [2.45, 2.75) is 19.4 Å². The quantitative estimate of drug-likeness (QED) is 0.834. The zero-order valence-corrected chi connectivity index (χ0v) is 11.2. The van der Waals surface area contributed by atoms with Crippen LogP contribution in [0.3, 0.4) is 0 Å². The lowest BCUT2D eigenvalue weighted by atomic mass is 10.2. The third-order valence-corrected chi connectivity index (χ3v) is 3.08. The van der Waals surface area contributed by atoms with Gasteiger partial charge in [0.05, 0.1) is 19.9 Å². The molecule has 6 heteroatoms. The van der Waals surface area contributed by atoms with Crippen LogP contribution in [-0.4, -0.2) is 28.0 Å². The summed E-state index contributed by atoms with van der Waals surface area (Å²) in [6, 6.07) is 7.63. The molecule has 3 N–H and O–H groups in total. The number of benzene rings is 1. The number of aryl methyl sites for hydroxylation is 1. The summed E-state index contributed by atoms with van der Waals surface area (Å²) in [4.78, 5) is 10.6. The van der Waals surface area contributed by atoms with Gasteiger partial charge in [0, 0.05) is 17.5 Å². The van der Waals surface area contributed by atoms with Crippen LogP contribution >= 0.6 is 0 Å². The monoisotopic (exact) mass is 275 g/mol. The second-order valence-corrected chi connectivity index (χ2v) is 4.42. The number of hydrogen-bond acceptors (Lipinski definition) is 4. The summed E-state index contributed by atoms with van der Waals surface area (Å²) in [5.41, 5.74) is 7.71. The van der Waals surface area contributed by atoms with Gasteiger partial charge in [0.15, 0.2) is 0 Å². The van der Waals surface area contributed by atoms with E-state index in [0.29, 0.717) is 18.8 Å². The molecule has 0 bridgehead atoms. The fourth-order valence-electron chi connectivity index (χ4n) is 1.99. The summed E-state index contributed by atoms with van der Waals surface area (Å²) in [6.45, 7) is 0.489. The van der Waals surface area contributed by atoms with Crippen LogP contribution in [-0.2, 0) is 17.8 Å². The van der Waals surface area contributed by atoms with E-state index in [1.165, 1.54) is 0 Å². The predicted octanol–water partition coefficient (Wildman–Crippen LogP) is 1.54. The number of ether oxygens (including phenoxy) is 1. The third kappa shape index (κ3) is 3.09. The van der Waals surface area contributed by atoms with Gasteiger partial charge in [-0.2, -0.15) is 5.10 Å². The van der Waals surface area contributed by atoms with E-state index >= 15 is 0 Å². The number of aromatic nitrogens is 2. The van der Waals surface area contributed by atoms with Gasteiger partial charge in [0.25, 0.3) is 0 Å². The van der Waals surface area contributed by atoms with Crippen molar-refractivity contribution in [2.75, 3.05) is 12.8 Å². The molecular formula is C14H17N3O3. The number of methoxy groups -OCH3 is 1. The van der Waals surface area contributed by atoms with E-state index in [4.69, 9.17) is 15.6 Å². The number of aliphatic carboxylic acids is 1. The SMILES string of the molecule is COc1ccccc1Cn1ncc(CCC(=O)O)c1N. The topological polar surface area (TPSA) is 90.4 Å². The molecule has 1 heterocycles. The van der Waals surface area contributed by atoms with Gasteiger partial charge in [0.1, 0.15) is 11.6 Å². The molecule has 0 atom stereocenters. The Morgan fingerprint density at radius 2 is 2.15 bits per heavy atom. The van der Waals surface area contributed by atoms with Crippen molar-refractivity contribution in [1.82, 2.24) is 9.78 Å². The van der Waals surface area contributed by atoms with Crippen molar-refractivity contribution in [1.29, 1.82) is 0 Å². The van der Waals surface area contributed by atoms with Gasteiger partial charge < -0.3 is 15.6 Å². The summed E-state index contributed by atoms with van der Waals surface area (Å²) in [5.74, 6) is 0.425. The van der Waals surface area contributed by atoms with Crippen LogP contribution in [0.25, 0.3) is 0 Å². The normalized spacial score (nSPS) is 10.4. The van der Waals surface area contributed by atoms with Crippen LogP contribution in [0.15, 0.2) is 30.5 Å². The summed E-state index contributed by atoms with van der Waals surface area (Å²) in [5, 5.41) is 12.9. The van der Waals surface area contributed by atoms with E-state index in [9.17, 15) is 4.79 Å². The van der Waals surface area contributed by atoms with Crippen LogP contribution < -0.4 is 10.5 Å². The molecule has 0 unspecified atom stereocenters. The Kier molecular flexibility index (Phi) is 4.24. The molecule has 0 spiro atoms. The number of carboxylic acid groups (broad SMARTS) is 1. The Hall–Kier alpha value is -2.50. The lowest BCUT2D eigenvalue weighted by Gasteiger charge is -2.09. The summed E-state index contributed by atoms with van der Waals surface area (Å²) in [7, 11) is 1.61. The highest BCUT2D eigenvalue weighted by atomic mass is 16.5. The molecule has 20 heavy (non-hydrogen) atoms. The third-order valence-electron chi connectivity index (χ3n) is 3.08. The minimum Gasteiger partial charge on any atom is -0.496 e. The summed E-state index contributed by atoms with van der Waals surface area (Å²) in [6.07, 6.45) is 2.05. The number of rotatable bonds is 6. The summed E-state index contributed by atoms with van der Waals surface area (Å²) < 4.78 is 6.93. The Morgan fingerprint density at radius 3 is 2.85 bits per heavy atom. The summed E-state index contributed by atoms with van der Waals surface area (Å²) >= 11 is 0. The molecule has 0 aliphatic heterocycles. The molecule has 0 fully saturated rings. The maximum Gasteiger partial charge on any atom is 0.303 e. The highest BCUT2D eigenvalue weighted by molar-refractivity contribution is 5.67. The minimum absolute atomic E-state index is 0.0462. The average Bonchev–Trinajstić information content (AvgIpc) is 2.78. The molecule has 0 aliphatic rings. The molecule has 0 aliphatic carbocycles. The molecule has 2 aromatic rings. The van der Waals surface area contributed by atoms with Gasteiger partial charge >= 0.3 is 5.97 Å². The van der Waals surface area contributed by atoms with E-state index in [1.807, 2.05) is 24.3 Å². The number of anilines is 1. The first-order valence-corrected chi connectivity index (χ1v) is 6.25. The molecule has 2 rings (SSSR count). The zero-order valence-electron chi connectivity index (χ0n) is 11.2. The zero-order chi connectivity index (χ0) is 14.5. The minimum atomic E-state index is -0.845. The Labute approximate surface area is 116 Å². The Morgan fingerprint density at radius 1 is 1.40 bits per heavy atom. The van der Waals surface area contributed by atoms with E-state index in [-0.39, 0.29) is 6.42 Å². The van der Waals surface area contributed by atoms with Gasteiger partial charge in [-0.05, 0) is 12.5 Å². The number of carboxylic acids is 1. The first-order chi connectivity index (χ1) is 9.61. The molecule has 0 radical (unpaired) electrons. The molecule has 106 valence electrons. The van der Waals surface area contributed by atoms with Crippen LogP contribution in [0.1, 0.15) is 17.5 Å². The van der Waals surface area contributed by atoms with Crippen molar-refractivity contribution in [3.05, 3.63) is 41.6 Å². The smallest absolute Gasteiger partial charge is 0.303 e. The van der Waals surface area contributed by atoms with Crippen LogP contribution in [0.5, 0.6) is 5.75 Å². The van der Waals surface area contributed by atoms with Crippen LogP contribution in [0.2, 0.25) is 0 Å². The van der Waals surface area contributed by atoms with Gasteiger partial charge in [-0.15, -0.1) is 0 Å². The van der Waals surface area contributed by atoms with Gasteiger partial charge in [-0.25, -0.2) is 4.68 Å². The van der Waals surface area contributed by atoms with Crippen molar-refractivity contribution in [3.8, 4) is 5.75 Å². The standard InChI is InChI=1S/C14H17N3O3/c1-20-12-5-3-2-4-11(12)9-17-14(15)10(8-16-17)6-7-13(18)19/h2-5,8H,6-7,9,15H2,1H3,(H,18,19). The second kappa shape index (κ2) is 6.10. The number of nitrogens with zero attached hydrogens (tertiary/aromatic N) is 2. The maximum absolute atomic E-state index is 10.6. The van der Waals surface area contributed by atoms with Crippen molar-refractivity contribution >= 4 is 11.8 Å². The maximum atomic E-state index is 10.6. The predicted molar refractivity (Wildman–Crippen MR) is 74.7 cm³/mol. The first-order valence-electron chi connectivity index (χ1n) is 6.25. The molecule has 1 aromatic carbocycles. The Balaban J connectivity index is 2.16. The van der Waals surface area contributed by atoms with Gasteiger partial charge in [-0.1, -0.05) is 18.2 Å². The van der Waals surface area contributed by atoms with Gasteiger partial charge in [-0.3, -0.25) is 4.79 Å². The van der Waals surface area contributed by atoms with Crippen LogP contribution in [0.4, 0.5) is 5.82 Å². The first kappa shape index (κ1) is 13.9. The second-order valence-electron chi connectivity index (χ2n) is 4.42. The fraction of sp³-hybridized carbons (Fsp3) is 0.286. The van der Waals surface area contributed by atoms with Crippen molar-refractivity contribution < 1.29 is 14.6 Å². The number of hydrogen-bond donors (Lipinski definition) is 2. The molecule has 0 amide bonds. The molecule has 0 saturated heterocycles. The van der Waals surface area contributed by atoms with E-state index in [0.717, 1.165) is 16.9 Å². The van der Waals surface area contributed by atoms with Crippen molar-refractivity contribution in [3.63, 3.8) is 0 Å². The molecule has 0 saturated carbocycles.